The summed E-state index contributed by atoms with van der Waals surface area (Å²) in [6, 6.07) is 11.1. The lowest BCUT2D eigenvalue weighted by atomic mass is 9.96. The molecule has 148 valence electrons. The van der Waals surface area contributed by atoms with Crippen LogP contribution in [0, 0.1) is 5.92 Å². The van der Waals surface area contributed by atoms with Gasteiger partial charge in [0.05, 0.1) is 17.1 Å². The maximum Gasteiger partial charge on any atom is 0.316 e. The van der Waals surface area contributed by atoms with Crippen molar-refractivity contribution in [3.63, 3.8) is 0 Å². The highest BCUT2D eigenvalue weighted by molar-refractivity contribution is 7.89. The Morgan fingerprint density at radius 3 is 2.64 bits per heavy atom. The molecule has 0 saturated heterocycles. The number of fused-ring (bicyclic) bond motifs is 1. The normalized spacial score (nSPS) is 17.2. The van der Waals surface area contributed by atoms with Crippen LogP contribution in [0.25, 0.3) is 0 Å². The summed E-state index contributed by atoms with van der Waals surface area (Å²) >= 11 is 0. The van der Waals surface area contributed by atoms with Crippen molar-refractivity contribution in [2.75, 3.05) is 25.2 Å². The minimum atomic E-state index is -3.87. The van der Waals surface area contributed by atoms with Gasteiger partial charge in [-0.2, -0.15) is 0 Å². The van der Waals surface area contributed by atoms with Crippen LogP contribution in [-0.4, -0.2) is 49.8 Å². The summed E-state index contributed by atoms with van der Waals surface area (Å²) in [5.41, 5.74) is 0.188. The average molecular weight is 403 g/mol. The number of benzene rings is 1. The Bertz CT molecular complexity index is 978. The molecule has 2 heterocycles. The zero-order chi connectivity index (χ0) is 20.3. The molecule has 0 aliphatic carbocycles. The lowest BCUT2D eigenvalue weighted by Gasteiger charge is -2.31. The molecule has 1 aromatic carbocycles. The fraction of sp³-hybridized carbons (Fsp3) is 0.316. The summed E-state index contributed by atoms with van der Waals surface area (Å²) in [7, 11) is -2.47. The minimum absolute atomic E-state index is 0.113. The van der Waals surface area contributed by atoms with Crippen molar-refractivity contribution in [2.24, 2.45) is 5.92 Å². The van der Waals surface area contributed by atoms with Crippen LogP contribution in [0.3, 0.4) is 0 Å². The number of carbonyl (C=O) groups excluding carboxylic acids is 2. The second-order valence-corrected chi connectivity index (χ2v) is 8.16. The van der Waals surface area contributed by atoms with Gasteiger partial charge >= 0.3 is 5.97 Å². The van der Waals surface area contributed by atoms with E-state index in [4.69, 9.17) is 4.74 Å². The van der Waals surface area contributed by atoms with Crippen LogP contribution in [0.2, 0.25) is 0 Å². The van der Waals surface area contributed by atoms with Gasteiger partial charge in [-0.15, -0.1) is 4.41 Å². The molecule has 0 radical (unpaired) electrons. The number of hydrogen-bond donors (Lipinski definition) is 0. The van der Waals surface area contributed by atoms with Crippen molar-refractivity contribution < 1.29 is 22.7 Å². The SMILES string of the molecule is CCOC(=O)C1CCN(N(C)S(=O)(=O)c2ccccc2)c2ncccc2C1=O. The Morgan fingerprint density at radius 1 is 1.25 bits per heavy atom. The zero-order valence-electron chi connectivity index (χ0n) is 15.6. The molecule has 0 spiro atoms. The largest absolute Gasteiger partial charge is 0.465 e. The van der Waals surface area contributed by atoms with E-state index < -0.39 is 27.7 Å². The van der Waals surface area contributed by atoms with Crippen LogP contribution in [0.5, 0.6) is 0 Å². The Hall–Kier alpha value is -2.78. The molecule has 0 N–H and O–H groups in total. The third-order valence-electron chi connectivity index (χ3n) is 4.54. The van der Waals surface area contributed by atoms with Gasteiger partial charge in [-0.1, -0.05) is 18.2 Å². The highest BCUT2D eigenvalue weighted by Gasteiger charge is 2.38. The molecule has 2 aromatic rings. The van der Waals surface area contributed by atoms with Crippen molar-refractivity contribution >= 4 is 27.6 Å². The molecule has 0 bridgehead atoms. The number of hydrogen-bond acceptors (Lipinski definition) is 7. The fourth-order valence-corrected chi connectivity index (χ4v) is 4.31. The zero-order valence-corrected chi connectivity index (χ0v) is 16.4. The van der Waals surface area contributed by atoms with Gasteiger partial charge in [0.2, 0.25) is 0 Å². The van der Waals surface area contributed by atoms with Crippen molar-refractivity contribution in [1.82, 2.24) is 9.40 Å². The number of sulfonamides is 1. The number of Topliss-reactive ketones (excluding diaryl/α,β-unsaturated/α-hetero) is 1. The summed E-state index contributed by atoms with van der Waals surface area (Å²) in [5.74, 6) is -1.84. The van der Waals surface area contributed by atoms with Gasteiger partial charge < -0.3 is 4.74 Å². The number of anilines is 1. The predicted molar refractivity (Wildman–Crippen MR) is 102 cm³/mol. The van der Waals surface area contributed by atoms with Crippen molar-refractivity contribution in [3.8, 4) is 0 Å². The second kappa shape index (κ2) is 8.07. The summed E-state index contributed by atoms with van der Waals surface area (Å²) in [6.07, 6.45) is 1.59. The van der Waals surface area contributed by atoms with Crippen LogP contribution in [0.4, 0.5) is 5.82 Å². The van der Waals surface area contributed by atoms with Crippen LogP contribution in [-0.2, 0) is 19.6 Å². The highest BCUT2D eigenvalue weighted by Crippen LogP contribution is 2.30. The van der Waals surface area contributed by atoms with E-state index in [0.29, 0.717) is 0 Å². The van der Waals surface area contributed by atoms with Crippen LogP contribution >= 0.6 is 0 Å². The molecule has 3 rings (SSSR count). The first-order chi connectivity index (χ1) is 13.4. The van der Waals surface area contributed by atoms with Crippen LogP contribution in [0.15, 0.2) is 53.6 Å². The third-order valence-corrected chi connectivity index (χ3v) is 6.30. The first kappa shape index (κ1) is 20.0. The Kier molecular flexibility index (Phi) is 5.76. The number of aromatic nitrogens is 1. The predicted octanol–water partition coefficient (Wildman–Crippen LogP) is 1.89. The molecule has 0 fully saturated rings. The summed E-state index contributed by atoms with van der Waals surface area (Å²) < 4.78 is 32.2. The first-order valence-electron chi connectivity index (χ1n) is 8.85. The van der Waals surface area contributed by atoms with Crippen LogP contribution < -0.4 is 5.01 Å². The quantitative estimate of drug-likeness (QED) is 0.555. The monoisotopic (exact) mass is 403 g/mol. The molecule has 1 aliphatic heterocycles. The molecule has 1 aliphatic rings. The number of hydrazine groups is 1. The highest BCUT2D eigenvalue weighted by atomic mass is 32.2. The Balaban J connectivity index is 2.02. The van der Waals surface area contributed by atoms with E-state index in [9.17, 15) is 18.0 Å². The number of nitrogens with zero attached hydrogens (tertiary/aromatic N) is 3. The van der Waals surface area contributed by atoms with Gasteiger partial charge in [0.15, 0.2) is 11.6 Å². The Labute approximate surface area is 163 Å². The van der Waals surface area contributed by atoms with E-state index in [1.807, 2.05) is 0 Å². The molecule has 1 atom stereocenters. The van der Waals surface area contributed by atoms with E-state index in [2.05, 4.69) is 4.98 Å². The summed E-state index contributed by atoms with van der Waals surface area (Å²) in [5, 5.41) is 1.41. The van der Waals surface area contributed by atoms with Gasteiger partial charge in [0.1, 0.15) is 5.92 Å². The molecule has 1 aromatic heterocycles. The van der Waals surface area contributed by atoms with Gasteiger partial charge in [-0.3, -0.25) is 14.6 Å². The van der Waals surface area contributed by atoms with E-state index in [1.54, 1.807) is 31.2 Å². The Morgan fingerprint density at radius 2 is 1.96 bits per heavy atom. The van der Waals surface area contributed by atoms with Gasteiger partial charge in [0, 0.05) is 19.8 Å². The maximum atomic E-state index is 13.0. The lowest BCUT2D eigenvalue weighted by Crippen LogP contribution is -2.45. The van der Waals surface area contributed by atoms with E-state index in [-0.39, 0.29) is 35.8 Å². The molecule has 1 unspecified atom stereocenters. The van der Waals surface area contributed by atoms with Crippen molar-refractivity contribution in [2.45, 2.75) is 18.2 Å². The lowest BCUT2D eigenvalue weighted by molar-refractivity contribution is -0.146. The number of ether oxygens (including phenoxy) is 1. The maximum absolute atomic E-state index is 13.0. The molecule has 8 nitrogen and oxygen atoms in total. The van der Waals surface area contributed by atoms with E-state index in [0.717, 1.165) is 4.41 Å². The number of carbonyl (C=O) groups is 2. The fourth-order valence-electron chi connectivity index (χ4n) is 3.09. The minimum Gasteiger partial charge on any atom is -0.465 e. The molecule has 0 amide bonds. The summed E-state index contributed by atoms with van der Waals surface area (Å²) in [6.45, 7) is 1.94. The molecular formula is C19H21N3O5S. The average Bonchev–Trinajstić information content (AvgIpc) is 2.85. The molecule has 28 heavy (non-hydrogen) atoms. The van der Waals surface area contributed by atoms with E-state index in [1.165, 1.54) is 36.5 Å². The number of pyridine rings is 1. The number of rotatable bonds is 5. The number of ketones is 1. The first-order valence-corrected chi connectivity index (χ1v) is 10.3. The molecular weight excluding hydrogens is 382 g/mol. The molecule has 9 heteroatoms. The number of esters is 1. The molecule has 0 saturated carbocycles. The standard InChI is InChI=1S/C19H21N3O5S/c1-3-27-19(24)16-11-13-22(18-15(17(16)23)10-7-12-20-18)21(2)28(25,26)14-8-5-4-6-9-14/h4-10,12,16H,3,11,13H2,1-2H3. The smallest absolute Gasteiger partial charge is 0.316 e. The van der Waals surface area contributed by atoms with Gasteiger partial charge in [-0.25, -0.2) is 13.4 Å². The second-order valence-electron chi connectivity index (χ2n) is 6.21. The van der Waals surface area contributed by atoms with Gasteiger partial charge in [-0.05, 0) is 37.6 Å². The van der Waals surface area contributed by atoms with Crippen LogP contribution in [0.1, 0.15) is 23.7 Å². The third kappa shape index (κ3) is 3.63. The topological polar surface area (TPSA) is 96.9 Å². The van der Waals surface area contributed by atoms with Crippen molar-refractivity contribution in [3.05, 3.63) is 54.2 Å². The van der Waals surface area contributed by atoms with E-state index >= 15 is 0 Å². The summed E-state index contributed by atoms with van der Waals surface area (Å²) in [4.78, 5) is 29.5. The van der Waals surface area contributed by atoms with Gasteiger partial charge in [0.25, 0.3) is 10.0 Å². The van der Waals surface area contributed by atoms with Crippen molar-refractivity contribution in [1.29, 1.82) is 0 Å².